The molecule has 0 spiro atoms. The lowest BCUT2D eigenvalue weighted by Crippen LogP contribution is -2.33. The van der Waals surface area contributed by atoms with Gasteiger partial charge in [-0.15, -0.1) is 0 Å². The van der Waals surface area contributed by atoms with Gasteiger partial charge in [0.05, 0.1) is 13.1 Å². The van der Waals surface area contributed by atoms with Crippen molar-refractivity contribution in [3.63, 3.8) is 0 Å². The van der Waals surface area contributed by atoms with Crippen LogP contribution in [0.1, 0.15) is 103 Å². The third kappa shape index (κ3) is 12.2. The molecule has 0 saturated carbocycles. The van der Waals surface area contributed by atoms with Gasteiger partial charge in [0.1, 0.15) is 5.84 Å². The Morgan fingerprint density at radius 3 is 1.96 bits per heavy atom. The fraction of sp³-hybridized carbons (Fsp3) is 0.857. The van der Waals surface area contributed by atoms with Crippen molar-refractivity contribution in [3.8, 4) is 0 Å². The predicted octanol–water partition coefficient (Wildman–Crippen LogP) is 5.93. The quantitative estimate of drug-likeness (QED) is 0.187. The number of amidine groups is 1. The number of aliphatic imine (C=N–C) groups is 1. The molecule has 0 saturated heterocycles. The van der Waals surface area contributed by atoms with Crippen LogP contribution in [0.2, 0.25) is 0 Å². The lowest BCUT2D eigenvalue weighted by atomic mass is 10.1. The first-order valence-electron chi connectivity index (χ1n) is 11.0. The molecular weight excluding hydrogens is 360 g/mol. The maximum absolute atomic E-state index is 11.2. The van der Waals surface area contributed by atoms with Crippen LogP contribution in [-0.4, -0.2) is 36.2 Å². The van der Waals surface area contributed by atoms with E-state index >= 15 is 0 Å². The Morgan fingerprint density at radius 2 is 1.41 bits per heavy atom. The molecule has 0 unspecified atom stereocenters. The Morgan fingerprint density at radius 1 is 0.889 bits per heavy atom. The monoisotopic (exact) mass is 400 g/mol. The van der Waals surface area contributed by atoms with Crippen molar-refractivity contribution in [2.24, 2.45) is 4.99 Å². The van der Waals surface area contributed by atoms with E-state index in [2.05, 4.69) is 24.1 Å². The molecule has 5 nitrogen and oxygen atoms in total. The standard InChI is InChI=1S/C21H40N2O3S/c1-2-3-4-5-6-7-8-9-10-11-12-13-14-15-16-17-18-21-22-19-20-23(21)27(24,25)26/h9-10H,2-8,11-20H2,1H3,(H,24,25,26)/b10-9-. The van der Waals surface area contributed by atoms with Gasteiger partial charge >= 0.3 is 10.3 Å². The molecule has 0 bridgehead atoms. The van der Waals surface area contributed by atoms with E-state index in [0.29, 0.717) is 18.8 Å². The second kappa shape index (κ2) is 15.1. The molecule has 27 heavy (non-hydrogen) atoms. The average molecular weight is 401 g/mol. The van der Waals surface area contributed by atoms with E-state index < -0.39 is 10.3 Å². The highest BCUT2D eigenvalue weighted by atomic mass is 32.2. The smallest absolute Gasteiger partial charge is 0.270 e. The minimum atomic E-state index is -4.13. The highest BCUT2D eigenvalue weighted by molar-refractivity contribution is 7.84. The Kier molecular flexibility index (Phi) is 13.5. The topological polar surface area (TPSA) is 70.0 Å². The summed E-state index contributed by atoms with van der Waals surface area (Å²) in [7, 11) is -4.13. The Bertz CT molecular complexity index is 530. The van der Waals surface area contributed by atoms with Crippen LogP contribution in [0, 0.1) is 0 Å². The Labute approximate surface area is 167 Å². The van der Waals surface area contributed by atoms with Gasteiger partial charge in [-0.05, 0) is 32.1 Å². The number of nitrogens with zero attached hydrogens (tertiary/aromatic N) is 2. The SMILES string of the molecule is CCCCCCCC/C=C\CCCCCCCCC1=NCCN1S(=O)(=O)O. The van der Waals surface area contributed by atoms with Crippen LogP contribution >= 0.6 is 0 Å². The molecule has 158 valence electrons. The molecule has 0 radical (unpaired) electrons. The summed E-state index contributed by atoms with van der Waals surface area (Å²) in [6.45, 7) is 3.00. The van der Waals surface area contributed by atoms with Gasteiger partial charge in [0.15, 0.2) is 0 Å². The first-order chi connectivity index (χ1) is 13.1. The van der Waals surface area contributed by atoms with Crippen LogP contribution in [0.15, 0.2) is 17.1 Å². The second-order valence-corrected chi connectivity index (χ2v) is 8.87. The highest BCUT2D eigenvalue weighted by Gasteiger charge is 2.26. The van der Waals surface area contributed by atoms with Gasteiger partial charge in [-0.2, -0.15) is 8.42 Å². The molecule has 0 aliphatic carbocycles. The molecule has 1 aliphatic heterocycles. The van der Waals surface area contributed by atoms with Crippen LogP contribution < -0.4 is 0 Å². The summed E-state index contributed by atoms with van der Waals surface area (Å²) in [5, 5.41) is 0. The van der Waals surface area contributed by atoms with Gasteiger partial charge < -0.3 is 0 Å². The third-order valence-corrected chi connectivity index (χ3v) is 6.03. The zero-order valence-corrected chi connectivity index (χ0v) is 18.1. The minimum absolute atomic E-state index is 0.278. The van der Waals surface area contributed by atoms with Crippen molar-refractivity contribution in [2.45, 2.75) is 103 Å². The molecule has 1 rings (SSSR count). The molecule has 0 aromatic rings. The Hall–Kier alpha value is -0.880. The van der Waals surface area contributed by atoms with Gasteiger partial charge in [0, 0.05) is 6.42 Å². The predicted molar refractivity (Wildman–Crippen MR) is 115 cm³/mol. The van der Waals surface area contributed by atoms with Crippen LogP contribution in [0.3, 0.4) is 0 Å². The van der Waals surface area contributed by atoms with Gasteiger partial charge in [0.25, 0.3) is 0 Å². The lowest BCUT2D eigenvalue weighted by Gasteiger charge is -2.15. The first kappa shape index (κ1) is 24.2. The Balaban J connectivity index is 1.87. The maximum Gasteiger partial charge on any atom is 0.360 e. The molecule has 0 atom stereocenters. The van der Waals surface area contributed by atoms with Crippen molar-refractivity contribution < 1.29 is 13.0 Å². The molecule has 6 heteroatoms. The number of hydrogen-bond donors (Lipinski definition) is 1. The summed E-state index contributed by atoms with van der Waals surface area (Å²) in [5.74, 6) is 0.521. The van der Waals surface area contributed by atoms with Crippen LogP contribution in [-0.2, 0) is 10.3 Å². The van der Waals surface area contributed by atoms with E-state index in [4.69, 9.17) is 4.55 Å². The van der Waals surface area contributed by atoms with E-state index in [9.17, 15) is 8.42 Å². The van der Waals surface area contributed by atoms with E-state index in [1.165, 1.54) is 77.0 Å². The normalized spacial score (nSPS) is 15.0. The highest BCUT2D eigenvalue weighted by Crippen LogP contribution is 2.15. The second-order valence-electron chi connectivity index (χ2n) is 7.54. The number of hydrogen-bond acceptors (Lipinski definition) is 3. The van der Waals surface area contributed by atoms with Gasteiger partial charge in [0.2, 0.25) is 0 Å². The summed E-state index contributed by atoms with van der Waals surface area (Å²) >= 11 is 0. The van der Waals surface area contributed by atoms with Crippen molar-refractivity contribution in [1.82, 2.24) is 4.31 Å². The van der Waals surface area contributed by atoms with Gasteiger partial charge in [-0.3, -0.25) is 9.55 Å². The maximum atomic E-state index is 11.2. The molecule has 0 fully saturated rings. The van der Waals surface area contributed by atoms with E-state index in [1.807, 2.05) is 0 Å². The van der Waals surface area contributed by atoms with Gasteiger partial charge in [-0.1, -0.05) is 76.9 Å². The third-order valence-electron chi connectivity index (χ3n) is 5.08. The fourth-order valence-electron chi connectivity index (χ4n) is 3.46. The summed E-state index contributed by atoms with van der Waals surface area (Å²) < 4.78 is 32.6. The molecule has 0 aromatic carbocycles. The number of rotatable bonds is 17. The summed E-state index contributed by atoms with van der Waals surface area (Å²) in [6.07, 6.45) is 22.9. The van der Waals surface area contributed by atoms with Crippen LogP contribution in [0.4, 0.5) is 0 Å². The zero-order valence-electron chi connectivity index (χ0n) is 17.2. The minimum Gasteiger partial charge on any atom is -0.270 e. The van der Waals surface area contributed by atoms with Gasteiger partial charge in [-0.25, -0.2) is 4.31 Å². The van der Waals surface area contributed by atoms with Crippen molar-refractivity contribution in [3.05, 3.63) is 12.2 Å². The summed E-state index contributed by atoms with van der Waals surface area (Å²) in [5.41, 5.74) is 0. The molecule has 0 aromatic heterocycles. The molecule has 0 amide bonds. The van der Waals surface area contributed by atoms with E-state index in [-0.39, 0.29) is 6.54 Å². The summed E-state index contributed by atoms with van der Waals surface area (Å²) in [4.78, 5) is 4.19. The zero-order chi connectivity index (χ0) is 19.8. The van der Waals surface area contributed by atoms with Crippen molar-refractivity contribution >= 4 is 16.1 Å². The van der Waals surface area contributed by atoms with Crippen LogP contribution in [0.5, 0.6) is 0 Å². The molecule has 1 heterocycles. The lowest BCUT2D eigenvalue weighted by molar-refractivity contribution is 0.427. The molecule has 1 N–H and O–H groups in total. The van der Waals surface area contributed by atoms with Crippen LogP contribution in [0.25, 0.3) is 0 Å². The number of allylic oxidation sites excluding steroid dienone is 2. The first-order valence-corrected chi connectivity index (χ1v) is 12.4. The number of unbranched alkanes of at least 4 members (excludes halogenated alkanes) is 12. The van der Waals surface area contributed by atoms with Crippen molar-refractivity contribution in [1.29, 1.82) is 0 Å². The molecular formula is C21H40N2O3S. The van der Waals surface area contributed by atoms with E-state index in [1.54, 1.807) is 0 Å². The largest absolute Gasteiger partial charge is 0.360 e. The summed E-state index contributed by atoms with van der Waals surface area (Å²) in [6, 6.07) is 0. The average Bonchev–Trinajstić information content (AvgIpc) is 3.10. The molecule has 1 aliphatic rings. The van der Waals surface area contributed by atoms with E-state index in [0.717, 1.165) is 17.1 Å². The van der Waals surface area contributed by atoms with Crippen molar-refractivity contribution in [2.75, 3.05) is 13.1 Å². The fourth-order valence-corrected chi connectivity index (χ4v) is 4.19.